The Hall–Kier alpha value is -3.09. The van der Waals surface area contributed by atoms with Crippen molar-refractivity contribution in [1.82, 2.24) is 0 Å². The summed E-state index contributed by atoms with van der Waals surface area (Å²) < 4.78 is 23.1. The van der Waals surface area contributed by atoms with Crippen LogP contribution in [0.4, 0.5) is 4.39 Å². The van der Waals surface area contributed by atoms with Crippen LogP contribution < -0.4 is 15.2 Å². The molecular formula is C16H15FN2O4. The van der Waals surface area contributed by atoms with Gasteiger partial charge in [-0.05, 0) is 42.5 Å². The molecule has 0 aliphatic heterocycles. The van der Waals surface area contributed by atoms with Gasteiger partial charge in [-0.25, -0.2) is 9.18 Å². The zero-order chi connectivity index (χ0) is 16.8. The molecule has 0 aromatic heterocycles. The van der Waals surface area contributed by atoms with Crippen LogP contribution in [0.3, 0.4) is 0 Å². The molecule has 120 valence electrons. The Bertz CT molecular complexity index is 729. The van der Waals surface area contributed by atoms with Crippen molar-refractivity contribution in [2.75, 3.05) is 14.2 Å². The second-order valence-electron chi connectivity index (χ2n) is 4.43. The Morgan fingerprint density at radius 2 is 1.61 bits per heavy atom. The molecule has 0 bridgehead atoms. The minimum atomic E-state index is -0.742. The zero-order valence-corrected chi connectivity index (χ0v) is 12.6. The molecule has 2 rings (SSSR count). The van der Waals surface area contributed by atoms with Gasteiger partial charge in [0, 0.05) is 5.56 Å². The van der Waals surface area contributed by atoms with Gasteiger partial charge in [-0.2, -0.15) is 0 Å². The number of nitrogens with two attached hydrogens (primary N) is 1. The van der Waals surface area contributed by atoms with Gasteiger partial charge >= 0.3 is 5.97 Å². The first-order valence-corrected chi connectivity index (χ1v) is 6.58. The minimum absolute atomic E-state index is 0.0126. The summed E-state index contributed by atoms with van der Waals surface area (Å²) in [7, 11) is 3.00. The largest absolute Gasteiger partial charge is 0.493 e. The molecule has 7 heteroatoms. The van der Waals surface area contributed by atoms with Gasteiger partial charge in [0.1, 0.15) is 5.82 Å². The predicted molar refractivity (Wildman–Crippen MR) is 82.1 cm³/mol. The quantitative estimate of drug-likeness (QED) is 0.396. The van der Waals surface area contributed by atoms with Gasteiger partial charge in [-0.15, -0.1) is 0 Å². The summed E-state index contributed by atoms with van der Waals surface area (Å²) in [5.74, 6) is -0.204. The Balaban J connectivity index is 2.13. The van der Waals surface area contributed by atoms with Gasteiger partial charge < -0.3 is 20.0 Å². The van der Waals surface area contributed by atoms with Crippen molar-refractivity contribution in [3.05, 3.63) is 59.4 Å². The third kappa shape index (κ3) is 3.97. The maximum atomic E-state index is 12.8. The Labute approximate surface area is 132 Å². The van der Waals surface area contributed by atoms with Crippen molar-refractivity contribution in [3.63, 3.8) is 0 Å². The molecule has 23 heavy (non-hydrogen) atoms. The number of halogens is 1. The fraction of sp³-hybridized carbons (Fsp3) is 0.125. The molecule has 0 fully saturated rings. The second kappa shape index (κ2) is 7.26. The third-order valence-corrected chi connectivity index (χ3v) is 2.99. The lowest BCUT2D eigenvalue weighted by molar-refractivity contribution is 0.0516. The molecule has 6 nitrogen and oxygen atoms in total. The number of oxime groups is 1. The van der Waals surface area contributed by atoms with Crippen LogP contribution in [0.1, 0.15) is 15.9 Å². The number of hydrogen-bond acceptors (Lipinski definition) is 5. The average molecular weight is 318 g/mol. The summed E-state index contributed by atoms with van der Waals surface area (Å²) in [5.41, 5.74) is 6.43. The summed E-state index contributed by atoms with van der Waals surface area (Å²) in [6.45, 7) is 0. The fourth-order valence-electron chi connectivity index (χ4n) is 1.78. The van der Waals surface area contributed by atoms with Gasteiger partial charge in [-0.1, -0.05) is 5.16 Å². The Morgan fingerprint density at radius 1 is 1.00 bits per heavy atom. The molecule has 0 atom stereocenters. The first-order valence-electron chi connectivity index (χ1n) is 6.58. The monoisotopic (exact) mass is 318 g/mol. The van der Waals surface area contributed by atoms with Crippen LogP contribution in [0.25, 0.3) is 0 Å². The number of ether oxygens (including phenoxy) is 2. The van der Waals surface area contributed by atoms with Gasteiger partial charge in [-0.3, -0.25) is 0 Å². The molecule has 2 aromatic carbocycles. The van der Waals surface area contributed by atoms with Gasteiger partial charge in [0.05, 0.1) is 19.8 Å². The topological polar surface area (TPSA) is 83.1 Å². The maximum Gasteiger partial charge on any atom is 0.365 e. The number of methoxy groups -OCH3 is 2. The van der Waals surface area contributed by atoms with E-state index < -0.39 is 11.8 Å². The van der Waals surface area contributed by atoms with Crippen molar-refractivity contribution < 1.29 is 23.5 Å². The van der Waals surface area contributed by atoms with Crippen LogP contribution in [0, 0.1) is 5.82 Å². The first kappa shape index (κ1) is 16.3. The summed E-state index contributed by atoms with van der Waals surface area (Å²) >= 11 is 0. The standard InChI is InChI=1S/C16H15FN2O4/c1-21-13-8-5-11(9-14(13)22-2)15(18)19-23-16(20)10-3-6-12(17)7-4-10/h3-9H,1-2H3,(H2,18,19). The number of carbonyl (C=O) groups is 1. The van der Waals surface area contributed by atoms with E-state index in [1.165, 1.54) is 26.4 Å². The highest BCUT2D eigenvalue weighted by molar-refractivity contribution is 5.98. The number of hydrogen-bond donors (Lipinski definition) is 1. The number of amidine groups is 1. The summed E-state index contributed by atoms with van der Waals surface area (Å²) in [4.78, 5) is 16.5. The molecule has 0 amide bonds. The van der Waals surface area contributed by atoms with E-state index in [9.17, 15) is 9.18 Å². The van der Waals surface area contributed by atoms with Gasteiger partial charge in [0.25, 0.3) is 0 Å². The molecule has 0 radical (unpaired) electrons. The zero-order valence-electron chi connectivity index (χ0n) is 12.6. The third-order valence-electron chi connectivity index (χ3n) is 2.99. The second-order valence-corrected chi connectivity index (χ2v) is 4.43. The lowest BCUT2D eigenvalue weighted by Crippen LogP contribution is -2.15. The van der Waals surface area contributed by atoms with Crippen LogP contribution in [-0.2, 0) is 4.84 Å². The highest BCUT2D eigenvalue weighted by Gasteiger charge is 2.10. The molecule has 2 N–H and O–H groups in total. The van der Waals surface area contributed by atoms with Crippen LogP contribution in [0.15, 0.2) is 47.6 Å². The first-order chi connectivity index (χ1) is 11.0. The number of rotatable bonds is 5. The summed E-state index contributed by atoms with van der Waals surface area (Å²) in [5, 5.41) is 3.58. The highest BCUT2D eigenvalue weighted by atomic mass is 19.1. The fourth-order valence-corrected chi connectivity index (χ4v) is 1.78. The minimum Gasteiger partial charge on any atom is -0.493 e. The predicted octanol–water partition coefficient (Wildman–Crippen LogP) is 2.32. The van der Waals surface area contributed by atoms with E-state index >= 15 is 0 Å². The molecule has 0 saturated heterocycles. The molecule has 0 heterocycles. The molecule has 2 aromatic rings. The van der Waals surface area contributed by atoms with Crippen molar-refractivity contribution >= 4 is 11.8 Å². The van der Waals surface area contributed by atoms with Crippen molar-refractivity contribution in [2.24, 2.45) is 10.9 Å². The van der Waals surface area contributed by atoms with E-state index in [0.29, 0.717) is 17.1 Å². The molecule has 0 aliphatic carbocycles. The Kier molecular flexibility index (Phi) is 5.14. The van der Waals surface area contributed by atoms with Crippen LogP contribution >= 0.6 is 0 Å². The number of benzene rings is 2. The smallest absolute Gasteiger partial charge is 0.365 e. The van der Waals surface area contributed by atoms with E-state index in [1.807, 2.05) is 0 Å². The van der Waals surface area contributed by atoms with Gasteiger partial charge in [0.2, 0.25) is 0 Å². The van der Waals surface area contributed by atoms with Crippen molar-refractivity contribution in [1.29, 1.82) is 0 Å². The van der Waals surface area contributed by atoms with Crippen molar-refractivity contribution in [3.8, 4) is 11.5 Å². The Morgan fingerprint density at radius 3 is 2.22 bits per heavy atom. The molecule has 0 spiro atoms. The normalized spacial score (nSPS) is 11.0. The lowest BCUT2D eigenvalue weighted by atomic mass is 10.2. The average Bonchev–Trinajstić information content (AvgIpc) is 2.59. The number of carbonyl (C=O) groups excluding carboxylic acids is 1. The van der Waals surface area contributed by atoms with Crippen molar-refractivity contribution in [2.45, 2.75) is 0 Å². The molecule has 0 aliphatic rings. The SMILES string of the molecule is COc1ccc(C(N)=NOC(=O)c2ccc(F)cc2)cc1OC. The van der Waals surface area contributed by atoms with Crippen LogP contribution in [0.5, 0.6) is 11.5 Å². The van der Waals surface area contributed by atoms with E-state index in [4.69, 9.17) is 20.0 Å². The lowest BCUT2D eigenvalue weighted by Gasteiger charge is -2.09. The summed E-state index contributed by atoms with van der Waals surface area (Å²) in [6.07, 6.45) is 0. The van der Waals surface area contributed by atoms with E-state index in [1.54, 1.807) is 18.2 Å². The number of nitrogens with zero attached hydrogens (tertiary/aromatic N) is 1. The molecule has 0 saturated carbocycles. The van der Waals surface area contributed by atoms with Gasteiger partial charge in [0.15, 0.2) is 17.3 Å². The van der Waals surface area contributed by atoms with E-state index in [-0.39, 0.29) is 11.4 Å². The summed E-state index contributed by atoms with van der Waals surface area (Å²) in [6, 6.07) is 9.78. The van der Waals surface area contributed by atoms with E-state index in [0.717, 1.165) is 12.1 Å². The highest BCUT2D eigenvalue weighted by Crippen LogP contribution is 2.27. The van der Waals surface area contributed by atoms with E-state index in [2.05, 4.69) is 5.16 Å². The van der Waals surface area contributed by atoms with Crippen LogP contribution in [0.2, 0.25) is 0 Å². The van der Waals surface area contributed by atoms with Crippen LogP contribution in [-0.4, -0.2) is 26.0 Å². The maximum absolute atomic E-state index is 12.8. The molecular weight excluding hydrogens is 303 g/mol. The molecule has 0 unspecified atom stereocenters.